The molecule has 4 nitrogen and oxygen atoms in total. The van der Waals surface area contributed by atoms with E-state index in [-0.39, 0.29) is 0 Å². The molecule has 2 rings (SSSR count). The molecular weight excluding hydrogens is 216 g/mol. The van der Waals surface area contributed by atoms with Gasteiger partial charge in [-0.15, -0.1) is 0 Å². The molecule has 0 amide bonds. The predicted molar refractivity (Wildman–Crippen MR) is 67.1 cm³/mol. The number of likely N-dealkylation sites (tertiary alicyclic amines) is 1. The van der Waals surface area contributed by atoms with E-state index in [1.165, 1.54) is 51.7 Å². The first-order valence-electron chi connectivity index (χ1n) is 6.94. The van der Waals surface area contributed by atoms with Crippen LogP contribution in [0.2, 0.25) is 0 Å². The average Bonchev–Trinajstić information content (AvgIpc) is 3.00. The second kappa shape index (κ2) is 6.36. The molecule has 0 radical (unpaired) electrons. The molecule has 17 heavy (non-hydrogen) atoms. The van der Waals surface area contributed by atoms with Gasteiger partial charge in [-0.2, -0.15) is 0 Å². The van der Waals surface area contributed by atoms with Crippen molar-refractivity contribution in [1.29, 1.82) is 0 Å². The van der Waals surface area contributed by atoms with Gasteiger partial charge < -0.3 is 10.0 Å². The van der Waals surface area contributed by atoms with Crippen molar-refractivity contribution in [3.63, 3.8) is 0 Å². The zero-order chi connectivity index (χ0) is 12.1. The Labute approximate surface area is 104 Å². The third-order valence-electron chi connectivity index (χ3n) is 3.79. The van der Waals surface area contributed by atoms with Crippen LogP contribution < -0.4 is 0 Å². The van der Waals surface area contributed by atoms with Gasteiger partial charge in [0, 0.05) is 12.6 Å². The molecule has 2 aliphatic rings. The molecule has 1 aliphatic carbocycles. The van der Waals surface area contributed by atoms with Gasteiger partial charge in [0.25, 0.3) is 0 Å². The van der Waals surface area contributed by atoms with Crippen LogP contribution in [-0.4, -0.2) is 59.6 Å². The lowest BCUT2D eigenvalue weighted by molar-refractivity contribution is -0.137. The standard InChI is InChI=1S/C13H24N2O2/c16-13(17)6-11-15(12-4-5-12)10-3-9-14-7-1-2-8-14/h12H,1-11H2,(H,16,17). The maximum Gasteiger partial charge on any atom is 0.304 e. The summed E-state index contributed by atoms with van der Waals surface area (Å²) in [5, 5.41) is 8.73. The zero-order valence-corrected chi connectivity index (χ0v) is 10.6. The monoisotopic (exact) mass is 240 g/mol. The summed E-state index contributed by atoms with van der Waals surface area (Å²) in [6.45, 7) is 5.53. The summed E-state index contributed by atoms with van der Waals surface area (Å²) >= 11 is 0. The summed E-state index contributed by atoms with van der Waals surface area (Å²) in [7, 11) is 0. The van der Waals surface area contributed by atoms with E-state index >= 15 is 0 Å². The van der Waals surface area contributed by atoms with Crippen LogP contribution in [0.1, 0.15) is 38.5 Å². The van der Waals surface area contributed by atoms with Crippen molar-refractivity contribution in [2.45, 2.75) is 44.6 Å². The van der Waals surface area contributed by atoms with Gasteiger partial charge in [-0.05, 0) is 58.3 Å². The molecule has 1 aliphatic heterocycles. The highest BCUT2D eigenvalue weighted by molar-refractivity contribution is 5.66. The Hall–Kier alpha value is -0.610. The molecule has 4 heteroatoms. The van der Waals surface area contributed by atoms with E-state index in [9.17, 15) is 4.79 Å². The van der Waals surface area contributed by atoms with Crippen LogP contribution in [0.4, 0.5) is 0 Å². The van der Waals surface area contributed by atoms with Gasteiger partial charge in [-0.1, -0.05) is 0 Å². The number of carboxylic acid groups (broad SMARTS) is 1. The van der Waals surface area contributed by atoms with Crippen LogP contribution in [0.15, 0.2) is 0 Å². The number of rotatable bonds is 8. The van der Waals surface area contributed by atoms with E-state index in [0.29, 0.717) is 12.5 Å². The fourth-order valence-corrected chi connectivity index (χ4v) is 2.66. The first kappa shape index (κ1) is 12.8. The van der Waals surface area contributed by atoms with Crippen LogP contribution >= 0.6 is 0 Å². The van der Waals surface area contributed by atoms with Crippen molar-refractivity contribution in [2.75, 3.05) is 32.7 Å². The van der Waals surface area contributed by atoms with Gasteiger partial charge in [0.15, 0.2) is 0 Å². The Morgan fingerprint density at radius 3 is 2.53 bits per heavy atom. The molecule has 0 aromatic heterocycles. The first-order chi connectivity index (χ1) is 8.25. The molecule has 0 unspecified atom stereocenters. The maximum atomic E-state index is 10.6. The predicted octanol–water partition coefficient (Wildman–Crippen LogP) is 1.41. The lowest BCUT2D eigenvalue weighted by Gasteiger charge is -2.22. The Bertz CT molecular complexity index is 248. The molecular formula is C13H24N2O2. The summed E-state index contributed by atoms with van der Waals surface area (Å²) in [5.74, 6) is -0.671. The van der Waals surface area contributed by atoms with Crippen molar-refractivity contribution in [1.82, 2.24) is 9.80 Å². The van der Waals surface area contributed by atoms with Gasteiger partial charge in [-0.3, -0.25) is 9.69 Å². The smallest absolute Gasteiger partial charge is 0.304 e. The van der Waals surface area contributed by atoms with Crippen molar-refractivity contribution in [3.05, 3.63) is 0 Å². The van der Waals surface area contributed by atoms with Gasteiger partial charge in [-0.25, -0.2) is 0 Å². The highest BCUT2D eigenvalue weighted by atomic mass is 16.4. The molecule has 0 aromatic carbocycles. The van der Waals surface area contributed by atoms with Crippen molar-refractivity contribution < 1.29 is 9.90 Å². The van der Waals surface area contributed by atoms with Crippen LogP contribution in [0.25, 0.3) is 0 Å². The van der Waals surface area contributed by atoms with Crippen LogP contribution in [0.5, 0.6) is 0 Å². The molecule has 98 valence electrons. The highest BCUT2D eigenvalue weighted by Gasteiger charge is 2.28. The van der Waals surface area contributed by atoms with Gasteiger partial charge in [0.1, 0.15) is 0 Å². The van der Waals surface area contributed by atoms with Crippen LogP contribution in [0.3, 0.4) is 0 Å². The molecule has 1 N–H and O–H groups in total. The topological polar surface area (TPSA) is 43.8 Å². The fraction of sp³-hybridized carbons (Fsp3) is 0.923. The minimum absolute atomic E-state index is 0.292. The van der Waals surface area contributed by atoms with Gasteiger partial charge in [0.2, 0.25) is 0 Å². The second-order valence-corrected chi connectivity index (χ2v) is 5.31. The summed E-state index contributed by atoms with van der Waals surface area (Å²) in [4.78, 5) is 15.5. The molecule has 0 atom stereocenters. The van der Waals surface area contributed by atoms with E-state index in [4.69, 9.17) is 5.11 Å². The summed E-state index contributed by atoms with van der Waals surface area (Å²) < 4.78 is 0. The molecule has 1 heterocycles. The Morgan fingerprint density at radius 1 is 1.24 bits per heavy atom. The molecule has 0 spiro atoms. The number of aliphatic carboxylic acids is 1. The van der Waals surface area contributed by atoms with E-state index in [0.717, 1.165) is 13.1 Å². The van der Waals surface area contributed by atoms with E-state index in [1.54, 1.807) is 0 Å². The first-order valence-corrected chi connectivity index (χ1v) is 6.94. The van der Waals surface area contributed by atoms with Gasteiger partial charge >= 0.3 is 5.97 Å². The van der Waals surface area contributed by atoms with Crippen molar-refractivity contribution in [2.24, 2.45) is 0 Å². The maximum absolute atomic E-state index is 10.6. The quantitative estimate of drug-likeness (QED) is 0.696. The fourth-order valence-electron chi connectivity index (χ4n) is 2.66. The molecule has 1 saturated carbocycles. The van der Waals surface area contributed by atoms with E-state index < -0.39 is 5.97 Å². The number of carbonyl (C=O) groups is 1. The van der Waals surface area contributed by atoms with E-state index in [2.05, 4.69) is 9.80 Å². The van der Waals surface area contributed by atoms with Crippen LogP contribution in [-0.2, 0) is 4.79 Å². The van der Waals surface area contributed by atoms with Crippen molar-refractivity contribution >= 4 is 5.97 Å². The third kappa shape index (κ3) is 4.64. The number of carboxylic acids is 1. The molecule has 0 bridgehead atoms. The second-order valence-electron chi connectivity index (χ2n) is 5.31. The minimum atomic E-state index is -0.671. The summed E-state index contributed by atoms with van der Waals surface area (Å²) in [6, 6.07) is 0.688. The summed E-state index contributed by atoms with van der Waals surface area (Å²) in [5.41, 5.74) is 0. The molecule has 1 saturated heterocycles. The Kier molecular flexibility index (Phi) is 4.80. The SMILES string of the molecule is O=C(O)CCN(CCCN1CCCC1)C1CC1. The Balaban J connectivity index is 1.61. The molecule has 2 fully saturated rings. The number of hydrogen-bond acceptors (Lipinski definition) is 3. The average molecular weight is 240 g/mol. The Morgan fingerprint density at radius 2 is 1.94 bits per heavy atom. The lowest BCUT2D eigenvalue weighted by atomic mass is 10.3. The lowest BCUT2D eigenvalue weighted by Crippen LogP contribution is -2.32. The molecule has 0 aromatic rings. The minimum Gasteiger partial charge on any atom is -0.481 e. The van der Waals surface area contributed by atoms with Crippen LogP contribution in [0, 0.1) is 0 Å². The number of nitrogens with zero attached hydrogens (tertiary/aromatic N) is 2. The summed E-state index contributed by atoms with van der Waals surface area (Å²) in [6.07, 6.45) is 6.72. The van der Waals surface area contributed by atoms with Crippen molar-refractivity contribution in [3.8, 4) is 0 Å². The zero-order valence-electron chi connectivity index (χ0n) is 10.6. The van der Waals surface area contributed by atoms with E-state index in [1.807, 2.05) is 0 Å². The van der Waals surface area contributed by atoms with Gasteiger partial charge in [0.05, 0.1) is 6.42 Å². The third-order valence-corrected chi connectivity index (χ3v) is 3.79. The normalized spacial score (nSPS) is 21.2. The largest absolute Gasteiger partial charge is 0.481 e. The highest BCUT2D eigenvalue weighted by Crippen LogP contribution is 2.27. The number of hydrogen-bond donors (Lipinski definition) is 1.